The van der Waals surface area contributed by atoms with Gasteiger partial charge >= 0.3 is 5.97 Å². The Morgan fingerprint density at radius 1 is 1.48 bits per heavy atom. The van der Waals surface area contributed by atoms with E-state index in [1.165, 1.54) is 10.4 Å². The van der Waals surface area contributed by atoms with Gasteiger partial charge in [-0.1, -0.05) is 6.92 Å². The second-order valence-corrected chi connectivity index (χ2v) is 6.81. The molecule has 5 nitrogen and oxygen atoms in total. The second kappa shape index (κ2) is 5.77. The molecule has 0 aromatic carbocycles. The number of aliphatic carboxylic acids is 1. The number of hydrogen-bond acceptors (Lipinski definition) is 4. The number of nitrogens with zero attached hydrogens (tertiary/aromatic N) is 1. The number of thiophene rings is 1. The number of carboxylic acids is 1. The van der Waals surface area contributed by atoms with Gasteiger partial charge in [-0.2, -0.15) is 0 Å². The van der Waals surface area contributed by atoms with Crippen LogP contribution in [0, 0.1) is 5.92 Å². The highest BCUT2D eigenvalue weighted by Gasteiger charge is 2.32. The second-order valence-electron chi connectivity index (χ2n) is 5.85. The largest absolute Gasteiger partial charge is 0.479 e. The van der Waals surface area contributed by atoms with Crippen molar-refractivity contribution >= 4 is 23.2 Å². The molecule has 1 aliphatic carbocycles. The summed E-state index contributed by atoms with van der Waals surface area (Å²) >= 11 is 1.66. The van der Waals surface area contributed by atoms with Crippen LogP contribution in [0.25, 0.3) is 0 Å². The Morgan fingerprint density at radius 2 is 2.29 bits per heavy atom. The van der Waals surface area contributed by atoms with Crippen LogP contribution in [-0.2, 0) is 22.4 Å². The maximum absolute atomic E-state index is 12.7. The van der Waals surface area contributed by atoms with Crippen LogP contribution < -0.4 is 0 Å². The van der Waals surface area contributed by atoms with E-state index < -0.39 is 12.1 Å². The lowest BCUT2D eigenvalue weighted by molar-refractivity contribution is -0.154. The summed E-state index contributed by atoms with van der Waals surface area (Å²) in [7, 11) is 0. The Labute approximate surface area is 127 Å². The van der Waals surface area contributed by atoms with Crippen molar-refractivity contribution in [2.24, 2.45) is 5.92 Å². The lowest BCUT2D eigenvalue weighted by Gasteiger charge is -2.31. The molecule has 2 atom stereocenters. The predicted molar refractivity (Wildman–Crippen MR) is 78.8 cm³/mol. The minimum absolute atomic E-state index is 0.0448. The molecule has 3 rings (SSSR count). The lowest BCUT2D eigenvalue weighted by Crippen LogP contribution is -2.48. The smallest absolute Gasteiger partial charge is 0.334 e. The predicted octanol–water partition coefficient (Wildman–Crippen LogP) is 1.80. The molecule has 1 aromatic heterocycles. The number of carbonyl (C=O) groups excluding carboxylic acids is 1. The van der Waals surface area contributed by atoms with Gasteiger partial charge in [0.05, 0.1) is 18.7 Å². The van der Waals surface area contributed by atoms with E-state index in [0.717, 1.165) is 24.8 Å². The molecule has 1 aromatic rings. The lowest BCUT2D eigenvalue weighted by atomic mass is 9.88. The number of amides is 1. The number of ether oxygens (including phenoxy) is 1. The fraction of sp³-hybridized carbons (Fsp3) is 0.600. The summed E-state index contributed by atoms with van der Waals surface area (Å²) in [6, 6.07) is 0. The van der Waals surface area contributed by atoms with Gasteiger partial charge in [-0.05, 0) is 30.7 Å². The number of carboxylic acid groups (broad SMARTS) is 1. The monoisotopic (exact) mass is 309 g/mol. The zero-order chi connectivity index (χ0) is 15.0. The molecule has 0 saturated carbocycles. The van der Waals surface area contributed by atoms with Crippen LogP contribution in [0.4, 0.5) is 0 Å². The molecule has 0 spiro atoms. The molecule has 1 N–H and O–H groups in total. The molecule has 0 radical (unpaired) electrons. The molecule has 1 saturated heterocycles. The van der Waals surface area contributed by atoms with E-state index in [1.54, 1.807) is 16.2 Å². The van der Waals surface area contributed by atoms with Crippen molar-refractivity contribution in [2.75, 3.05) is 19.7 Å². The van der Waals surface area contributed by atoms with Crippen molar-refractivity contribution in [3.63, 3.8) is 0 Å². The molecule has 2 heterocycles. The summed E-state index contributed by atoms with van der Waals surface area (Å²) in [5.74, 6) is -0.371. The SMILES string of the molecule is C[C@H]1CCc2c(C(=O)N3CCO[C@@H](C(=O)O)C3)csc2C1. The first-order valence-corrected chi connectivity index (χ1v) is 8.17. The highest BCUT2D eigenvalue weighted by molar-refractivity contribution is 7.10. The number of rotatable bonds is 2. The average molecular weight is 309 g/mol. The molecule has 1 aliphatic heterocycles. The van der Waals surface area contributed by atoms with Gasteiger partial charge in [-0.25, -0.2) is 4.79 Å². The van der Waals surface area contributed by atoms with Crippen LogP contribution in [0.3, 0.4) is 0 Å². The molecule has 2 aliphatic rings. The first-order chi connectivity index (χ1) is 10.1. The van der Waals surface area contributed by atoms with E-state index in [0.29, 0.717) is 12.5 Å². The quantitative estimate of drug-likeness (QED) is 0.904. The Balaban J connectivity index is 1.78. The summed E-state index contributed by atoms with van der Waals surface area (Å²) < 4.78 is 5.17. The number of fused-ring (bicyclic) bond motifs is 1. The highest BCUT2D eigenvalue weighted by Crippen LogP contribution is 2.33. The summed E-state index contributed by atoms with van der Waals surface area (Å²) in [6.45, 7) is 3.12. The van der Waals surface area contributed by atoms with Crippen LogP contribution in [0.2, 0.25) is 0 Å². The van der Waals surface area contributed by atoms with Crippen molar-refractivity contribution in [1.82, 2.24) is 4.90 Å². The van der Waals surface area contributed by atoms with Gasteiger partial charge in [-0.3, -0.25) is 4.79 Å². The van der Waals surface area contributed by atoms with E-state index >= 15 is 0 Å². The number of hydrogen-bond donors (Lipinski definition) is 1. The van der Waals surface area contributed by atoms with Gasteiger partial charge < -0.3 is 14.7 Å². The third-order valence-corrected chi connectivity index (χ3v) is 5.31. The molecule has 0 unspecified atom stereocenters. The minimum Gasteiger partial charge on any atom is -0.479 e. The fourth-order valence-corrected chi connectivity index (χ4v) is 4.25. The normalized spacial score (nSPS) is 25.5. The summed E-state index contributed by atoms with van der Waals surface area (Å²) in [6.07, 6.45) is 2.21. The van der Waals surface area contributed by atoms with Crippen LogP contribution in [0.15, 0.2) is 5.38 Å². The van der Waals surface area contributed by atoms with Gasteiger partial charge in [-0.15, -0.1) is 11.3 Å². The van der Waals surface area contributed by atoms with Crippen LogP contribution in [0.1, 0.15) is 34.1 Å². The van der Waals surface area contributed by atoms with E-state index in [4.69, 9.17) is 9.84 Å². The average Bonchev–Trinajstić information content (AvgIpc) is 2.89. The topological polar surface area (TPSA) is 66.8 Å². The molecule has 114 valence electrons. The molecule has 6 heteroatoms. The third-order valence-electron chi connectivity index (χ3n) is 4.26. The van der Waals surface area contributed by atoms with Crippen molar-refractivity contribution in [3.05, 3.63) is 21.4 Å². The Bertz CT molecular complexity index is 568. The fourth-order valence-electron chi connectivity index (χ4n) is 3.01. The molecular formula is C15H19NO4S. The van der Waals surface area contributed by atoms with Gasteiger partial charge in [0, 0.05) is 16.8 Å². The number of morpholine rings is 1. The van der Waals surface area contributed by atoms with Crippen molar-refractivity contribution in [2.45, 2.75) is 32.3 Å². The van der Waals surface area contributed by atoms with Crippen molar-refractivity contribution < 1.29 is 19.4 Å². The maximum Gasteiger partial charge on any atom is 0.334 e. The Hall–Kier alpha value is -1.40. The zero-order valence-corrected chi connectivity index (χ0v) is 12.8. The van der Waals surface area contributed by atoms with E-state index in [-0.39, 0.29) is 19.1 Å². The standard InChI is InChI=1S/C15H19NO4S/c1-9-2-3-10-11(8-21-13(10)6-9)14(17)16-4-5-20-12(7-16)15(18)19/h8-9,12H,2-7H2,1H3,(H,18,19)/t9-,12+/m0/s1. The van der Waals surface area contributed by atoms with E-state index in [9.17, 15) is 9.59 Å². The highest BCUT2D eigenvalue weighted by atomic mass is 32.1. The van der Waals surface area contributed by atoms with Crippen LogP contribution in [0.5, 0.6) is 0 Å². The first-order valence-electron chi connectivity index (χ1n) is 7.29. The minimum atomic E-state index is -1.01. The van der Waals surface area contributed by atoms with Gasteiger partial charge in [0.1, 0.15) is 0 Å². The summed E-state index contributed by atoms with van der Waals surface area (Å²) in [4.78, 5) is 26.6. The molecular weight excluding hydrogens is 290 g/mol. The first kappa shape index (κ1) is 14.5. The Morgan fingerprint density at radius 3 is 3.05 bits per heavy atom. The van der Waals surface area contributed by atoms with Gasteiger partial charge in [0.2, 0.25) is 0 Å². The summed E-state index contributed by atoms with van der Waals surface area (Å²) in [5.41, 5.74) is 1.95. The van der Waals surface area contributed by atoms with Crippen LogP contribution >= 0.6 is 11.3 Å². The van der Waals surface area contributed by atoms with Gasteiger partial charge in [0.25, 0.3) is 5.91 Å². The summed E-state index contributed by atoms with van der Waals surface area (Å²) in [5, 5.41) is 11.0. The number of carbonyl (C=O) groups is 2. The Kier molecular flexibility index (Phi) is 3.99. The van der Waals surface area contributed by atoms with Gasteiger partial charge in [0.15, 0.2) is 6.10 Å². The molecule has 1 amide bonds. The third kappa shape index (κ3) is 2.82. The van der Waals surface area contributed by atoms with Crippen molar-refractivity contribution in [1.29, 1.82) is 0 Å². The van der Waals surface area contributed by atoms with E-state index in [2.05, 4.69) is 6.92 Å². The molecule has 1 fully saturated rings. The van der Waals surface area contributed by atoms with E-state index in [1.807, 2.05) is 5.38 Å². The van der Waals surface area contributed by atoms with Crippen LogP contribution in [-0.4, -0.2) is 47.7 Å². The molecule has 0 bridgehead atoms. The maximum atomic E-state index is 12.7. The molecule has 21 heavy (non-hydrogen) atoms. The zero-order valence-electron chi connectivity index (χ0n) is 12.0. The van der Waals surface area contributed by atoms with Crippen molar-refractivity contribution in [3.8, 4) is 0 Å².